The van der Waals surface area contributed by atoms with Crippen molar-refractivity contribution in [2.24, 2.45) is 0 Å². The van der Waals surface area contributed by atoms with Gasteiger partial charge in [-0.2, -0.15) is 0 Å². The van der Waals surface area contributed by atoms with E-state index in [9.17, 15) is 14.0 Å². The summed E-state index contributed by atoms with van der Waals surface area (Å²) in [5, 5.41) is 0. The zero-order valence-corrected chi connectivity index (χ0v) is 13.1. The highest BCUT2D eigenvalue weighted by Crippen LogP contribution is 2.12. The maximum absolute atomic E-state index is 12.8. The number of carbonyl (C=O) groups is 2. The fourth-order valence-electron chi connectivity index (χ4n) is 1.85. The van der Waals surface area contributed by atoms with Gasteiger partial charge in [0.1, 0.15) is 11.6 Å². The minimum Gasteiger partial charge on any atom is -0.494 e. The SMILES string of the molecule is CCOc1ccc(/C=C/C(=O)NNC(=O)c2ccc(F)cc2)cc1. The minimum absolute atomic E-state index is 0.243. The third kappa shape index (κ3) is 5.24. The molecule has 0 heterocycles. The highest BCUT2D eigenvalue weighted by Gasteiger charge is 2.05. The molecule has 124 valence electrons. The van der Waals surface area contributed by atoms with Crippen molar-refractivity contribution in [2.45, 2.75) is 6.92 Å². The Morgan fingerprint density at radius 2 is 1.71 bits per heavy atom. The van der Waals surface area contributed by atoms with Crippen LogP contribution < -0.4 is 15.6 Å². The summed E-state index contributed by atoms with van der Waals surface area (Å²) in [7, 11) is 0. The van der Waals surface area contributed by atoms with E-state index in [1.54, 1.807) is 18.2 Å². The average Bonchev–Trinajstić information content (AvgIpc) is 2.60. The van der Waals surface area contributed by atoms with Crippen LogP contribution >= 0.6 is 0 Å². The first-order valence-corrected chi connectivity index (χ1v) is 7.35. The van der Waals surface area contributed by atoms with Crippen LogP contribution in [0.1, 0.15) is 22.8 Å². The Morgan fingerprint density at radius 3 is 2.33 bits per heavy atom. The molecular weight excluding hydrogens is 311 g/mol. The number of nitrogens with one attached hydrogen (secondary N) is 2. The van der Waals surface area contributed by atoms with Gasteiger partial charge in [0.15, 0.2) is 0 Å². The van der Waals surface area contributed by atoms with E-state index in [1.807, 2.05) is 19.1 Å². The van der Waals surface area contributed by atoms with Crippen LogP contribution in [-0.2, 0) is 4.79 Å². The van der Waals surface area contributed by atoms with E-state index >= 15 is 0 Å². The summed E-state index contributed by atoms with van der Waals surface area (Å²) < 4.78 is 18.1. The van der Waals surface area contributed by atoms with Crippen molar-refractivity contribution in [1.82, 2.24) is 10.9 Å². The van der Waals surface area contributed by atoms with E-state index in [4.69, 9.17) is 4.74 Å². The Kier molecular flexibility index (Phi) is 6.08. The molecule has 0 aliphatic carbocycles. The Hall–Kier alpha value is -3.15. The van der Waals surface area contributed by atoms with E-state index in [2.05, 4.69) is 10.9 Å². The Bertz CT molecular complexity index is 725. The lowest BCUT2D eigenvalue weighted by Crippen LogP contribution is -2.40. The van der Waals surface area contributed by atoms with Crippen LogP contribution in [0.5, 0.6) is 5.75 Å². The third-order valence-corrected chi connectivity index (χ3v) is 3.02. The smallest absolute Gasteiger partial charge is 0.269 e. The maximum atomic E-state index is 12.8. The van der Waals surface area contributed by atoms with Gasteiger partial charge in [-0.1, -0.05) is 12.1 Å². The molecule has 0 aromatic heterocycles. The summed E-state index contributed by atoms with van der Waals surface area (Å²) in [6.07, 6.45) is 2.90. The number of hydrogen-bond donors (Lipinski definition) is 2. The Morgan fingerprint density at radius 1 is 1.04 bits per heavy atom. The van der Waals surface area contributed by atoms with Crippen LogP contribution in [0.2, 0.25) is 0 Å². The summed E-state index contributed by atoms with van der Waals surface area (Å²) in [4.78, 5) is 23.4. The molecule has 2 N–H and O–H groups in total. The van der Waals surface area contributed by atoms with Gasteiger partial charge in [0, 0.05) is 11.6 Å². The van der Waals surface area contributed by atoms with Crippen molar-refractivity contribution in [2.75, 3.05) is 6.61 Å². The van der Waals surface area contributed by atoms with Gasteiger partial charge in [0.25, 0.3) is 11.8 Å². The molecule has 0 radical (unpaired) electrons. The number of hydrogen-bond acceptors (Lipinski definition) is 3. The molecule has 0 spiro atoms. The third-order valence-electron chi connectivity index (χ3n) is 3.02. The molecule has 0 aliphatic rings. The second-order valence-corrected chi connectivity index (χ2v) is 4.79. The van der Waals surface area contributed by atoms with Crippen molar-refractivity contribution in [1.29, 1.82) is 0 Å². The lowest BCUT2D eigenvalue weighted by atomic mass is 10.2. The number of ether oxygens (including phenoxy) is 1. The molecule has 5 nitrogen and oxygen atoms in total. The van der Waals surface area contributed by atoms with Crippen molar-refractivity contribution < 1.29 is 18.7 Å². The quantitative estimate of drug-likeness (QED) is 0.655. The molecule has 0 saturated heterocycles. The molecular formula is C18H17FN2O3. The standard InChI is InChI=1S/C18H17FN2O3/c1-2-24-16-10-3-13(4-11-16)5-12-17(22)20-21-18(23)14-6-8-15(19)9-7-14/h3-12H,2H2,1H3,(H,20,22)(H,21,23)/b12-5+. The number of halogens is 1. The molecule has 0 aliphatic heterocycles. The summed E-state index contributed by atoms with van der Waals surface area (Å²) >= 11 is 0. The number of carbonyl (C=O) groups excluding carboxylic acids is 2. The second kappa shape index (κ2) is 8.47. The van der Waals surface area contributed by atoms with E-state index < -0.39 is 17.6 Å². The fourth-order valence-corrected chi connectivity index (χ4v) is 1.85. The lowest BCUT2D eigenvalue weighted by molar-refractivity contribution is -0.117. The zero-order valence-electron chi connectivity index (χ0n) is 13.1. The fraction of sp³-hybridized carbons (Fsp3) is 0.111. The molecule has 0 atom stereocenters. The minimum atomic E-state index is -0.530. The van der Waals surface area contributed by atoms with E-state index in [1.165, 1.54) is 30.3 Å². The molecule has 2 rings (SSSR count). The molecule has 2 aromatic rings. The topological polar surface area (TPSA) is 67.4 Å². The summed E-state index contributed by atoms with van der Waals surface area (Å²) in [5.74, 6) is -0.697. The molecule has 0 saturated carbocycles. The second-order valence-electron chi connectivity index (χ2n) is 4.79. The van der Waals surface area contributed by atoms with Crippen LogP contribution in [0.15, 0.2) is 54.6 Å². The van der Waals surface area contributed by atoms with Gasteiger partial charge in [-0.3, -0.25) is 20.4 Å². The van der Waals surface area contributed by atoms with E-state index in [-0.39, 0.29) is 5.56 Å². The number of hydrazine groups is 1. The first kappa shape index (κ1) is 17.2. The Labute approximate surface area is 139 Å². The Balaban J connectivity index is 1.84. The molecule has 24 heavy (non-hydrogen) atoms. The summed E-state index contributed by atoms with van der Waals surface area (Å²) in [5.41, 5.74) is 5.56. The lowest BCUT2D eigenvalue weighted by Gasteiger charge is -2.05. The first-order chi connectivity index (χ1) is 11.6. The van der Waals surface area contributed by atoms with Crippen molar-refractivity contribution in [3.8, 4) is 5.75 Å². The van der Waals surface area contributed by atoms with E-state index in [0.29, 0.717) is 6.61 Å². The van der Waals surface area contributed by atoms with Gasteiger partial charge in [-0.15, -0.1) is 0 Å². The maximum Gasteiger partial charge on any atom is 0.269 e. The molecule has 2 amide bonds. The monoisotopic (exact) mass is 328 g/mol. The predicted molar refractivity (Wildman–Crippen MR) is 88.7 cm³/mol. The number of rotatable bonds is 5. The van der Waals surface area contributed by atoms with Gasteiger partial charge in [0.2, 0.25) is 0 Å². The normalized spacial score (nSPS) is 10.4. The first-order valence-electron chi connectivity index (χ1n) is 7.35. The van der Waals surface area contributed by atoms with Gasteiger partial charge in [-0.05, 0) is 55.0 Å². The zero-order chi connectivity index (χ0) is 17.4. The van der Waals surface area contributed by atoms with Crippen molar-refractivity contribution in [3.05, 3.63) is 71.6 Å². The van der Waals surface area contributed by atoms with Crippen LogP contribution in [0.4, 0.5) is 4.39 Å². The van der Waals surface area contributed by atoms with Gasteiger partial charge >= 0.3 is 0 Å². The van der Waals surface area contributed by atoms with Gasteiger partial charge < -0.3 is 4.74 Å². The van der Waals surface area contributed by atoms with Crippen molar-refractivity contribution in [3.63, 3.8) is 0 Å². The van der Waals surface area contributed by atoms with Crippen LogP contribution in [0.25, 0.3) is 6.08 Å². The van der Waals surface area contributed by atoms with Crippen molar-refractivity contribution >= 4 is 17.9 Å². The van der Waals surface area contributed by atoms with Crippen LogP contribution in [-0.4, -0.2) is 18.4 Å². The highest BCUT2D eigenvalue weighted by molar-refractivity contribution is 5.97. The molecule has 0 bridgehead atoms. The summed E-state index contributed by atoms with van der Waals surface area (Å²) in [6, 6.07) is 12.2. The van der Waals surface area contributed by atoms with Crippen LogP contribution in [0.3, 0.4) is 0 Å². The van der Waals surface area contributed by atoms with Gasteiger partial charge in [0.05, 0.1) is 6.61 Å². The van der Waals surface area contributed by atoms with E-state index in [0.717, 1.165) is 11.3 Å². The highest BCUT2D eigenvalue weighted by atomic mass is 19.1. The number of amides is 2. The predicted octanol–water partition coefficient (Wildman–Crippen LogP) is 2.70. The van der Waals surface area contributed by atoms with Crippen LogP contribution in [0, 0.1) is 5.82 Å². The van der Waals surface area contributed by atoms with Gasteiger partial charge in [-0.25, -0.2) is 4.39 Å². The largest absolute Gasteiger partial charge is 0.494 e. The molecule has 0 fully saturated rings. The average molecular weight is 328 g/mol. The molecule has 6 heteroatoms. The molecule has 2 aromatic carbocycles. The number of benzene rings is 2. The summed E-state index contributed by atoms with van der Waals surface area (Å²) in [6.45, 7) is 2.49. The molecule has 0 unspecified atom stereocenters.